The van der Waals surface area contributed by atoms with Crippen molar-refractivity contribution in [3.05, 3.63) is 200 Å². The molecule has 0 spiro atoms. The molecule has 0 fully saturated rings. The topological polar surface area (TPSA) is 16.4 Å². The largest absolute Gasteiger partial charge is 0.456 e. The van der Waals surface area contributed by atoms with E-state index in [1.54, 1.807) is 0 Å². The standard InChI is InChI=1S/C52H33NOS/c1-3-13-34(14-4-1)37-17-11-18-39(31-37)53(40-29-30-44-43-20-9-10-24-49(43)55-50(44)32-40)38-27-25-36(26-28-38)41-22-12-23-47-51(41)52-45-21-8-7-19-42(45)46(33-48(52)54-47)35-15-5-2-6-16-35/h1-33H. The first kappa shape index (κ1) is 31.6. The third-order valence-corrected chi connectivity index (χ3v) is 12.0. The van der Waals surface area contributed by atoms with Crippen LogP contribution < -0.4 is 4.90 Å². The van der Waals surface area contributed by atoms with Gasteiger partial charge in [-0.1, -0.05) is 146 Å². The van der Waals surface area contributed by atoms with Crippen molar-refractivity contribution in [2.75, 3.05) is 4.90 Å². The molecule has 55 heavy (non-hydrogen) atoms. The van der Waals surface area contributed by atoms with Gasteiger partial charge in [-0.05, 0) is 98.8 Å². The van der Waals surface area contributed by atoms with Gasteiger partial charge in [-0.3, -0.25) is 0 Å². The Balaban J connectivity index is 1.07. The van der Waals surface area contributed by atoms with Crippen molar-refractivity contribution >= 4 is 81.3 Å². The van der Waals surface area contributed by atoms with E-state index in [9.17, 15) is 0 Å². The Morgan fingerprint density at radius 1 is 0.327 bits per heavy atom. The number of nitrogens with zero attached hydrogens (tertiary/aromatic N) is 1. The third kappa shape index (κ3) is 5.32. The van der Waals surface area contributed by atoms with Crippen molar-refractivity contribution in [1.29, 1.82) is 0 Å². The minimum Gasteiger partial charge on any atom is -0.456 e. The summed E-state index contributed by atoms with van der Waals surface area (Å²) in [7, 11) is 0. The third-order valence-electron chi connectivity index (χ3n) is 10.9. The van der Waals surface area contributed by atoms with Crippen LogP contribution in [0.2, 0.25) is 0 Å². The summed E-state index contributed by atoms with van der Waals surface area (Å²) in [5, 5.41) is 7.31. The van der Waals surface area contributed by atoms with E-state index in [0.29, 0.717) is 0 Å². The average molecular weight is 720 g/mol. The summed E-state index contributed by atoms with van der Waals surface area (Å²) < 4.78 is 9.25. The second kappa shape index (κ2) is 12.9. The molecule has 9 aromatic carbocycles. The molecule has 258 valence electrons. The van der Waals surface area contributed by atoms with Crippen LogP contribution in [0.1, 0.15) is 0 Å². The molecule has 0 radical (unpaired) electrons. The van der Waals surface area contributed by atoms with Crippen LogP contribution in [0.5, 0.6) is 0 Å². The molecule has 0 amide bonds. The van der Waals surface area contributed by atoms with Crippen LogP contribution in [0.4, 0.5) is 17.1 Å². The zero-order chi connectivity index (χ0) is 36.3. The monoisotopic (exact) mass is 719 g/mol. The maximum absolute atomic E-state index is 6.66. The number of furan rings is 1. The van der Waals surface area contributed by atoms with Gasteiger partial charge in [0.15, 0.2) is 0 Å². The van der Waals surface area contributed by atoms with E-state index in [1.807, 2.05) is 11.3 Å². The van der Waals surface area contributed by atoms with Crippen molar-refractivity contribution in [3.63, 3.8) is 0 Å². The minimum absolute atomic E-state index is 0.892. The smallest absolute Gasteiger partial charge is 0.136 e. The lowest BCUT2D eigenvalue weighted by atomic mass is 9.92. The van der Waals surface area contributed by atoms with E-state index in [2.05, 4.69) is 205 Å². The second-order valence-corrected chi connectivity index (χ2v) is 15.2. The predicted octanol–water partition coefficient (Wildman–Crippen LogP) is 15.6. The molecule has 2 aromatic heterocycles. The Hall–Kier alpha value is -6.94. The quantitative estimate of drug-likeness (QED) is 0.170. The number of hydrogen-bond donors (Lipinski definition) is 0. The molecule has 0 atom stereocenters. The van der Waals surface area contributed by atoms with Crippen LogP contribution in [0.15, 0.2) is 205 Å². The number of anilines is 3. The van der Waals surface area contributed by atoms with Crippen molar-refractivity contribution in [3.8, 4) is 33.4 Å². The fraction of sp³-hybridized carbons (Fsp3) is 0. The first-order valence-corrected chi connectivity index (χ1v) is 19.5. The van der Waals surface area contributed by atoms with E-state index in [0.717, 1.165) is 50.1 Å². The molecule has 2 nitrogen and oxygen atoms in total. The van der Waals surface area contributed by atoms with E-state index >= 15 is 0 Å². The van der Waals surface area contributed by atoms with Gasteiger partial charge in [0.1, 0.15) is 11.2 Å². The zero-order valence-electron chi connectivity index (χ0n) is 29.8. The zero-order valence-corrected chi connectivity index (χ0v) is 30.6. The van der Waals surface area contributed by atoms with E-state index in [1.165, 1.54) is 53.2 Å². The summed E-state index contributed by atoms with van der Waals surface area (Å²) in [4.78, 5) is 2.38. The summed E-state index contributed by atoms with van der Waals surface area (Å²) >= 11 is 1.85. The van der Waals surface area contributed by atoms with Crippen LogP contribution in [-0.2, 0) is 0 Å². The van der Waals surface area contributed by atoms with Crippen molar-refractivity contribution in [1.82, 2.24) is 0 Å². The number of rotatable bonds is 6. The number of hydrogen-bond acceptors (Lipinski definition) is 3. The van der Waals surface area contributed by atoms with Gasteiger partial charge in [0.05, 0.1) is 0 Å². The highest BCUT2D eigenvalue weighted by Crippen LogP contribution is 2.45. The van der Waals surface area contributed by atoms with Gasteiger partial charge in [0.25, 0.3) is 0 Å². The second-order valence-electron chi connectivity index (χ2n) is 14.1. The lowest BCUT2D eigenvalue weighted by molar-refractivity contribution is 0.669. The highest BCUT2D eigenvalue weighted by molar-refractivity contribution is 7.25. The Morgan fingerprint density at radius 2 is 0.945 bits per heavy atom. The van der Waals surface area contributed by atoms with Gasteiger partial charge < -0.3 is 9.32 Å². The maximum atomic E-state index is 6.66. The highest BCUT2D eigenvalue weighted by Gasteiger charge is 2.20. The summed E-state index contributed by atoms with van der Waals surface area (Å²) in [6, 6.07) is 72.0. The number of fused-ring (bicyclic) bond motifs is 8. The molecule has 2 heterocycles. The molecule has 0 aliphatic carbocycles. The molecule has 11 aromatic rings. The highest BCUT2D eigenvalue weighted by atomic mass is 32.1. The molecule has 0 unspecified atom stereocenters. The van der Waals surface area contributed by atoms with E-state index in [4.69, 9.17) is 4.42 Å². The van der Waals surface area contributed by atoms with Crippen molar-refractivity contribution in [2.45, 2.75) is 0 Å². The Labute approximate surface area is 322 Å². The van der Waals surface area contributed by atoms with Crippen LogP contribution in [0.3, 0.4) is 0 Å². The Morgan fingerprint density at radius 3 is 1.76 bits per heavy atom. The van der Waals surface area contributed by atoms with Crippen molar-refractivity contribution < 1.29 is 4.42 Å². The van der Waals surface area contributed by atoms with Crippen LogP contribution in [-0.4, -0.2) is 0 Å². The molecular weight excluding hydrogens is 687 g/mol. The molecule has 0 bridgehead atoms. The lowest BCUT2D eigenvalue weighted by Crippen LogP contribution is -2.09. The summed E-state index contributed by atoms with van der Waals surface area (Å²) in [5.74, 6) is 0. The first-order chi connectivity index (χ1) is 27.3. The molecule has 11 rings (SSSR count). The summed E-state index contributed by atoms with van der Waals surface area (Å²) in [6.45, 7) is 0. The van der Waals surface area contributed by atoms with Gasteiger partial charge in [0.2, 0.25) is 0 Å². The van der Waals surface area contributed by atoms with Crippen LogP contribution >= 0.6 is 11.3 Å². The van der Waals surface area contributed by atoms with Gasteiger partial charge in [-0.25, -0.2) is 0 Å². The minimum atomic E-state index is 0.892. The molecule has 3 heteroatoms. The maximum Gasteiger partial charge on any atom is 0.136 e. The fourth-order valence-electron chi connectivity index (χ4n) is 8.32. The van der Waals surface area contributed by atoms with Crippen LogP contribution in [0.25, 0.3) is 86.3 Å². The van der Waals surface area contributed by atoms with Crippen LogP contribution in [0, 0.1) is 0 Å². The molecule has 0 aliphatic rings. The van der Waals surface area contributed by atoms with Gasteiger partial charge in [-0.15, -0.1) is 11.3 Å². The lowest BCUT2D eigenvalue weighted by Gasteiger charge is -2.26. The van der Waals surface area contributed by atoms with E-state index < -0.39 is 0 Å². The first-order valence-electron chi connectivity index (χ1n) is 18.7. The van der Waals surface area contributed by atoms with Crippen molar-refractivity contribution in [2.24, 2.45) is 0 Å². The Bertz CT molecular complexity index is 3190. The molecule has 0 saturated heterocycles. The van der Waals surface area contributed by atoms with Gasteiger partial charge in [0, 0.05) is 48.0 Å². The molecule has 0 N–H and O–H groups in total. The molecule has 0 aliphatic heterocycles. The molecular formula is C52H33NOS. The molecule has 0 saturated carbocycles. The van der Waals surface area contributed by atoms with Gasteiger partial charge >= 0.3 is 0 Å². The normalized spacial score (nSPS) is 11.6. The fourth-order valence-corrected chi connectivity index (χ4v) is 9.46. The number of thiophene rings is 1. The van der Waals surface area contributed by atoms with Gasteiger partial charge in [-0.2, -0.15) is 0 Å². The Kier molecular flexibility index (Phi) is 7.39. The predicted molar refractivity (Wildman–Crippen MR) is 235 cm³/mol. The summed E-state index contributed by atoms with van der Waals surface area (Å²) in [5.41, 5.74) is 12.2. The average Bonchev–Trinajstić information content (AvgIpc) is 3.83. The summed E-state index contributed by atoms with van der Waals surface area (Å²) in [6.07, 6.45) is 0. The SMILES string of the molecule is c1ccc(-c2cccc(N(c3ccc(-c4cccc5oc6cc(-c7ccccc7)c7ccccc7c6c45)cc3)c3ccc4c(c3)sc3ccccc34)c2)cc1. The van der Waals surface area contributed by atoms with E-state index in [-0.39, 0.29) is 0 Å². The number of benzene rings is 9.